The van der Waals surface area contributed by atoms with Gasteiger partial charge in [-0.25, -0.2) is 0 Å². The van der Waals surface area contributed by atoms with Crippen molar-refractivity contribution < 1.29 is 9.90 Å². The summed E-state index contributed by atoms with van der Waals surface area (Å²) >= 11 is 0. The summed E-state index contributed by atoms with van der Waals surface area (Å²) in [5, 5.41) is 13.7. The van der Waals surface area contributed by atoms with Gasteiger partial charge in [-0.15, -0.1) is 0 Å². The molecule has 6 rings (SSSR count). The SMILES string of the molecule is Cn1cc(C[C@@H](C(=O)O)N(Cc2ccc3ccccc3n2)Cc2ccc3ccccc3n2)c2ccccc21. The molecule has 3 aromatic carbocycles. The number of aliphatic carboxylic acids is 1. The number of carbonyl (C=O) groups is 1. The normalized spacial score (nSPS) is 12.5. The third kappa shape index (κ3) is 4.74. The summed E-state index contributed by atoms with van der Waals surface area (Å²) in [6.45, 7) is 0.780. The van der Waals surface area contributed by atoms with Crippen LogP contribution in [0.1, 0.15) is 17.0 Å². The van der Waals surface area contributed by atoms with E-state index in [2.05, 4.69) is 16.7 Å². The number of rotatable bonds is 8. The fourth-order valence-corrected chi connectivity index (χ4v) is 5.25. The molecule has 3 aromatic heterocycles. The van der Waals surface area contributed by atoms with Crippen LogP contribution in [0.15, 0.2) is 103 Å². The number of para-hydroxylation sites is 3. The standard InChI is InChI=1S/C32H28N4O2/c1-35-19-24(27-10-4-7-13-30(27)35)18-31(32(37)38)36(20-25-16-14-22-8-2-5-11-28(22)33-25)21-26-17-15-23-9-3-6-12-29(23)34-26/h2-17,19,31H,18,20-21H2,1H3,(H,37,38)/t31-/m0/s1. The van der Waals surface area contributed by atoms with Crippen molar-refractivity contribution in [2.24, 2.45) is 7.05 Å². The first-order chi connectivity index (χ1) is 18.5. The molecule has 0 aliphatic carbocycles. The van der Waals surface area contributed by atoms with Gasteiger partial charge in [-0.2, -0.15) is 0 Å². The molecule has 6 nitrogen and oxygen atoms in total. The molecular formula is C32H28N4O2. The highest BCUT2D eigenvalue weighted by Crippen LogP contribution is 2.25. The molecule has 0 unspecified atom stereocenters. The summed E-state index contributed by atoms with van der Waals surface area (Å²) in [6, 6.07) is 31.4. The van der Waals surface area contributed by atoms with Gasteiger partial charge in [-0.05, 0) is 35.9 Å². The van der Waals surface area contributed by atoms with E-state index in [4.69, 9.17) is 9.97 Å². The second-order valence-corrected chi connectivity index (χ2v) is 9.74. The first-order valence-electron chi connectivity index (χ1n) is 12.7. The van der Waals surface area contributed by atoms with E-state index >= 15 is 0 Å². The van der Waals surface area contributed by atoms with E-state index < -0.39 is 12.0 Å². The van der Waals surface area contributed by atoms with Gasteiger partial charge in [0.2, 0.25) is 0 Å². The number of nitrogens with zero attached hydrogens (tertiary/aromatic N) is 4. The molecule has 0 spiro atoms. The van der Waals surface area contributed by atoms with E-state index in [0.717, 1.165) is 49.7 Å². The number of carboxylic acids is 1. The summed E-state index contributed by atoms with van der Waals surface area (Å²) in [6.07, 6.45) is 2.42. The lowest BCUT2D eigenvalue weighted by Gasteiger charge is -2.28. The van der Waals surface area contributed by atoms with Gasteiger partial charge in [0.05, 0.1) is 22.4 Å². The van der Waals surface area contributed by atoms with Gasteiger partial charge in [-0.1, -0.05) is 66.7 Å². The molecule has 0 saturated heterocycles. The molecular weight excluding hydrogens is 472 g/mol. The number of aryl methyl sites for hydroxylation is 1. The maximum absolute atomic E-state index is 12.8. The van der Waals surface area contributed by atoms with E-state index in [1.54, 1.807) is 0 Å². The molecule has 188 valence electrons. The summed E-state index contributed by atoms with van der Waals surface area (Å²) in [5.74, 6) is -0.862. The number of carboxylic acid groups (broad SMARTS) is 1. The van der Waals surface area contributed by atoms with Crippen molar-refractivity contribution in [1.29, 1.82) is 0 Å². The molecule has 0 radical (unpaired) electrons. The fourth-order valence-electron chi connectivity index (χ4n) is 5.25. The van der Waals surface area contributed by atoms with Crippen molar-refractivity contribution in [2.75, 3.05) is 0 Å². The molecule has 0 aliphatic rings. The van der Waals surface area contributed by atoms with Gasteiger partial charge in [-0.3, -0.25) is 19.7 Å². The van der Waals surface area contributed by atoms with Crippen LogP contribution in [-0.2, 0) is 31.4 Å². The predicted octanol–water partition coefficient (Wildman–Crippen LogP) is 5.97. The van der Waals surface area contributed by atoms with Gasteiger partial charge in [0.15, 0.2) is 0 Å². The zero-order valence-electron chi connectivity index (χ0n) is 21.2. The molecule has 6 aromatic rings. The van der Waals surface area contributed by atoms with Gasteiger partial charge < -0.3 is 9.67 Å². The minimum atomic E-state index is -0.862. The summed E-state index contributed by atoms with van der Waals surface area (Å²) < 4.78 is 2.06. The topological polar surface area (TPSA) is 71.2 Å². The van der Waals surface area contributed by atoms with Crippen LogP contribution in [0.5, 0.6) is 0 Å². The highest BCUT2D eigenvalue weighted by Gasteiger charge is 2.28. The molecule has 1 atom stereocenters. The Bertz CT molecular complexity index is 1690. The second kappa shape index (κ2) is 10.1. The van der Waals surface area contributed by atoms with Crippen LogP contribution in [-0.4, -0.2) is 36.6 Å². The summed E-state index contributed by atoms with van der Waals surface area (Å²) in [5.41, 5.74) is 5.55. The molecule has 3 heterocycles. The van der Waals surface area contributed by atoms with Crippen molar-refractivity contribution in [3.63, 3.8) is 0 Å². The van der Waals surface area contributed by atoms with Crippen LogP contribution in [0.2, 0.25) is 0 Å². The van der Waals surface area contributed by atoms with Gasteiger partial charge >= 0.3 is 5.97 Å². The van der Waals surface area contributed by atoms with E-state index in [0.29, 0.717) is 19.5 Å². The molecule has 1 N–H and O–H groups in total. The van der Waals surface area contributed by atoms with E-state index in [1.807, 2.05) is 103 Å². The average Bonchev–Trinajstić information content (AvgIpc) is 3.26. The van der Waals surface area contributed by atoms with Crippen LogP contribution in [0, 0.1) is 0 Å². The molecule has 0 aliphatic heterocycles. The third-order valence-electron chi connectivity index (χ3n) is 7.16. The number of fused-ring (bicyclic) bond motifs is 3. The predicted molar refractivity (Wildman–Crippen MR) is 151 cm³/mol. The molecule has 0 bridgehead atoms. The second-order valence-electron chi connectivity index (χ2n) is 9.74. The first kappa shape index (κ1) is 23.8. The lowest BCUT2D eigenvalue weighted by molar-refractivity contribution is -0.143. The highest BCUT2D eigenvalue weighted by atomic mass is 16.4. The minimum absolute atomic E-state index is 0.373. The Hall–Kier alpha value is -4.55. The zero-order chi connectivity index (χ0) is 26.1. The Kier molecular flexibility index (Phi) is 6.32. The van der Waals surface area contributed by atoms with Crippen molar-refractivity contribution in [3.05, 3.63) is 120 Å². The Labute approximate surface area is 220 Å². The maximum Gasteiger partial charge on any atom is 0.321 e. The minimum Gasteiger partial charge on any atom is -0.480 e. The summed E-state index contributed by atoms with van der Waals surface area (Å²) in [7, 11) is 2.00. The average molecular weight is 501 g/mol. The summed E-state index contributed by atoms with van der Waals surface area (Å²) in [4.78, 5) is 24.5. The Morgan fingerprint density at radius 3 is 1.95 bits per heavy atom. The van der Waals surface area contributed by atoms with Crippen LogP contribution in [0.4, 0.5) is 0 Å². The number of aromatic nitrogens is 3. The fraction of sp³-hybridized carbons (Fsp3) is 0.156. The monoisotopic (exact) mass is 500 g/mol. The molecule has 0 saturated carbocycles. The molecule has 0 fully saturated rings. The molecule has 0 amide bonds. The van der Waals surface area contributed by atoms with E-state index in [1.165, 1.54) is 0 Å². The van der Waals surface area contributed by atoms with Crippen LogP contribution >= 0.6 is 0 Å². The smallest absolute Gasteiger partial charge is 0.321 e. The maximum atomic E-state index is 12.8. The van der Waals surface area contributed by atoms with Gasteiger partial charge in [0.1, 0.15) is 6.04 Å². The lowest BCUT2D eigenvalue weighted by Crippen LogP contribution is -2.42. The Morgan fingerprint density at radius 2 is 1.34 bits per heavy atom. The third-order valence-corrected chi connectivity index (χ3v) is 7.16. The van der Waals surface area contributed by atoms with E-state index in [-0.39, 0.29) is 0 Å². The Morgan fingerprint density at radius 1 is 0.789 bits per heavy atom. The van der Waals surface area contributed by atoms with Crippen molar-refractivity contribution in [1.82, 2.24) is 19.4 Å². The van der Waals surface area contributed by atoms with Crippen molar-refractivity contribution in [2.45, 2.75) is 25.6 Å². The van der Waals surface area contributed by atoms with E-state index in [9.17, 15) is 9.90 Å². The van der Waals surface area contributed by atoms with Crippen LogP contribution < -0.4 is 0 Å². The zero-order valence-corrected chi connectivity index (χ0v) is 21.2. The highest BCUT2D eigenvalue weighted by molar-refractivity contribution is 5.85. The van der Waals surface area contributed by atoms with Crippen LogP contribution in [0.3, 0.4) is 0 Å². The van der Waals surface area contributed by atoms with Gasteiger partial charge in [0.25, 0.3) is 0 Å². The lowest BCUT2D eigenvalue weighted by atomic mass is 10.0. The van der Waals surface area contributed by atoms with Crippen molar-refractivity contribution in [3.8, 4) is 0 Å². The van der Waals surface area contributed by atoms with Crippen molar-refractivity contribution >= 4 is 38.7 Å². The molecule has 6 heteroatoms. The number of benzene rings is 3. The molecule has 38 heavy (non-hydrogen) atoms. The Balaban J connectivity index is 1.39. The number of hydrogen-bond donors (Lipinski definition) is 1. The quantitative estimate of drug-likeness (QED) is 0.279. The number of hydrogen-bond acceptors (Lipinski definition) is 4. The van der Waals surface area contributed by atoms with Gasteiger partial charge in [0, 0.05) is 54.4 Å². The number of pyridine rings is 2. The van der Waals surface area contributed by atoms with Crippen LogP contribution in [0.25, 0.3) is 32.7 Å². The first-order valence-corrected chi connectivity index (χ1v) is 12.7. The largest absolute Gasteiger partial charge is 0.480 e.